The van der Waals surface area contributed by atoms with Crippen LogP contribution in [-0.2, 0) is 14.3 Å². The number of furan rings is 1. The number of halogens is 1. The van der Waals surface area contributed by atoms with Crippen molar-refractivity contribution in [1.82, 2.24) is 0 Å². The van der Waals surface area contributed by atoms with Gasteiger partial charge in [-0.25, -0.2) is 9.18 Å². The van der Waals surface area contributed by atoms with Crippen molar-refractivity contribution in [2.75, 3.05) is 12.6 Å². The normalized spacial score (nSPS) is 39.9. The third kappa shape index (κ3) is 3.93. The number of esters is 1. The number of ketones is 1. The largest absolute Gasteiger partial charge is 0.460 e. The Bertz CT molecular complexity index is 1080. The predicted octanol–water partition coefficient (Wildman–Crippen LogP) is 4.74. The van der Waals surface area contributed by atoms with Gasteiger partial charge in [0.25, 0.3) is 0 Å². The van der Waals surface area contributed by atoms with Crippen LogP contribution in [0.25, 0.3) is 0 Å². The Balaban J connectivity index is 1.45. The number of hydrogen-bond acceptors (Lipinski definition) is 7. The molecule has 0 aromatic carbocycles. The van der Waals surface area contributed by atoms with E-state index in [0.29, 0.717) is 24.6 Å². The molecule has 5 rings (SSSR count). The number of ether oxygens (including phenoxy) is 1. The van der Waals surface area contributed by atoms with Crippen LogP contribution in [0.2, 0.25) is 0 Å². The molecule has 1 N–H and O–H groups in total. The van der Waals surface area contributed by atoms with Gasteiger partial charge in [-0.15, -0.1) is 0 Å². The lowest BCUT2D eigenvalue weighted by Crippen LogP contribution is -2.56. The SMILES string of the molecule is C[C@]12C[C@H](O)[C@H]3[C@@H](CCC4=CC(=O)C=C[C@@]43C)[C@@H]1C[C@@H](COC(=O)c1ccco1)[C@@H]2C(=O)SCF. The highest BCUT2D eigenvalue weighted by Gasteiger charge is 2.65. The molecule has 6 nitrogen and oxygen atoms in total. The molecule has 4 aliphatic rings. The number of alkyl halides is 1. The Labute approximate surface area is 208 Å². The minimum absolute atomic E-state index is 0.0146. The van der Waals surface area contributed by atoms with E-state index in [-0.39, 0.29) is 46.9 Å². The number of aliphatic hydroxyl groups is 1. The highest BCUT2D eigenvalue weighted by Crippen LogP contribution is 2.67. The standard InChI is InChI=1S/C27H31FO6S/c1-26-8-7-17(29)11-16(26)5-6-18-19-10-15(13-34-24(31)21-4-3-9-33-21)22(25(32)35-14-28)27(19,2)12-20(30)23(18)26/h3-4,7-9,11,15,18-20,22-23,30H,5-6,10,12-14H2,1-2H3/t15-,18-,19-,20-,22+,23+,26-,27-/m0/s1. The summed E-state index contributed by atoms with van der Waals surface area (Å²) in [5.41, 5.74) is 0.124. The second-order valence-electron chi connectivity index (χ2n) is 10.9. The van der Waals surface area contributed by atoms with E-state index in [1.54, 1.807) is 18.2 Å². The first kappa shape index (κ1) is 24.5. The average Bonchev–Trinajstić information content (AvgIpc) is 3.44. The molecule has 0 unspecified atom stereocenters. The second kappa shape index (κ2) is 9.04. The Morgan fingerprint density at radius 2 is 2.14 bits per heavy atom. The van der Waals surface area contributed by atoms with Crippen LogP contribution < -0.4 is 0 Å². The zero-order valence-electron chi connectivity index (χ0n) is 19.9. The lowest BCUT2D eigenvalue weighted by molar-refractivity contribution is -0.134. The van der Waals surface area contributed by atoms with E-state index < -0.39 is 34.8 Å². The van der Waals surface area contributed by atoms with Gasteiger partial charge in [-0.2, -0.15) is 0 Å². The molecule has 0 bridgehead atoms. The summed E-state index contributed by atoms with van der Waals surface area (Å²) in [6.07, 6.45) is 8.66. The van der Waals surface area contributed by atoms with E-state index in [2.05, 4.69) is 6.92 Å². The summed E-state index contributed by atoms with van der Waals surface area (Å²) in [7, 11) is 0. The molecule has 1 aromatic heterocycles. The number of rotatable bonds is 5. The van der Waals surface area contributed by atoms with E-state index in [1.165, 1.54) is 12.3 Å². The van der Waals surface area contributed by atoms with E-state index in [0.717, 1.165) is 18.4 Å². The van der Waals surface area contributed by atoms with Crippen molar-refractivity contribution >= 4 is 28.6 Å². The van der Waals surface area contributed by atoms with Crippen LogP contribution >= 0.6 is 11.8 Å². The van der Waals surface area contributed by atoms with Gasteiger partial charge in [0.1, 0.15) is 6.01 Å². The number of allylic oxidation sites excluding steroid dienone is 4. The summed E-state index contributed by atoms with van der Waals surface area (Å²) in [6.45, 7) is 4.18. The summed E-state index contributed by atoms with van der Waals surface area (Å²) in [5.74, 6) is -1.12. The summed E-state index contributed by atoms with van der Waals surface area (Å²) >= 11 is 0.663. The average molecular weight is 503 g/mol. The van der Waals surface area contributed by atoms with E-state index in [1.807, 2.05) is 13.0 Å². The van der Waals surface area contributed by atoms with Crippen LogP contribution in [0.5, 0.6) is 0 Å². The third-order valence-electron chi connectivity index (χ3n) is 9.27. The molecular weight excluding hydrogens is 471 g/mol. The van der Waals surface area contributed by atoms with E-state index in [4.69, 9.17) is 9.15 Å². The quantitative estimate of drug-likeness (QED) is 0.581. The molecule has 8 heteroatoms. The van der Waals surface area contributed by atoms with Crippen molar-refractivity contribution < 1.29 is 33.0 Å². The monoisotopic (exact) mass is 502 g/mol. The molecule has 3 fully saturated rings. The number of carbonyl (C=O) groups is 3. The van der Waals surface area contributed by atoms with Crippen molar-refractivity contribution in [1.29, 1.82) is 0 Å². The maximum atomic E-state index is 13.2. The van der Waals surface area contributed by atoms with Gasteiger partial charge in [0.15, 0.2) is 10.9 Å². The first-order chi connectivity index (χ1) is 16.7. The minimum atomic E-state index is -0.811. The van der Waals surface area contributed by atoms with Crippen molar-refractivity contribution in [3.05, 3.63) is 48.0 Å². The lowest BCUT2D eigenvalue weighted by atomic mass is 9.47. The van der Waals surface area contributed by atoms with Gasteiger partial charge in [-0.3, -0.25) is 9.59 Å². The third-order valence-corrected chi connectivity index (χ3v) is 9.92. The molecule has 0 spiro atoms. The number of thioether (sulfide) groups is 1. The van der Waals surface area contributed by atoms with Crippen molar-refractivity contribution in [2.24, 2.45) is 40.4 Å². The van der Waals surface area contributed by atoms with Gasteiger partial charge in [0.2, 0.25) is 5.76 Å². The highest BCUT2D eigenvalue weighted by molar-refractivity contribution is 8.13. The molecule has 188 valence electrons. The van der Waals surface area contributed by atoms with Crippen molar-refractivity contribution in [3.63, 3.8) is 0 Å². The number of aliphatic hydroxyl groups excluding tert-OH is 1. The summed E-state index contributed by atoms with van der Waals surface area (Å²) < 4.78 is 23.9. The van der Waals surface area contributed by atoms with Gasteiger partial charge in [-0.1, -0.05) is 37.3 Å². The fourth-order valence-electron chi connectivity index (χ4n) is 7.93. The first-order valence-electron chi connectivity index (χ1n) is 12.2. The number of fused-ring (bicyclic) bond motifs is 5. The zero-order valence-corrected chi connectivity index (χ0v) is 20.8. The molecule has 0 amide bonds. The molecule has 0 radical (unpaired) electrons. The van der Waals surface area contributed by atoms with Crippen LogP contribution in [0.1, 0.15) is 50.1 Å². The number of carbonyl (C=O) groups excluding carboxylic acids is 3. The van der Waals surface area contributed by atoms with Crippen LogP contribution in [0.4, 0.5) is 4.39 Å². The van der Waals surface area contributed by atoms with Gasteiger partial charge < -0.3 is 14.3 Å². The van der Waals surface area contributed by atoms with Crippen LogP contribution in [0.3, 0.4) is 0 Å². The zero-order chi connectivity index (χ0) is 25.0. The van der Waals surface area contributed by atoms with E-state index >= 15 is 0 Å². The molecule has 0 saturated heterocycles. The van der Waals surface area contributed by atoms with Gasteiger partial charge in [-0.05, 0) is 67.2 Å². The first-order valence-corrected chi connectivity index (χ1v) is 13.2. The predicted molar refractivity (Wildman–Crippen MR) is 128 cm³/mol. The van der Waals surface area contributed by atoms with Crippen LogP contribution in [-0.4, -0.2) is 40.7 Å². The Morgan fingerprint density at radius 1 is 1.34 bits per heavy atom. The van der Waals surface area contributed by atoms with Gasteiger partial charge in [0.05, 0.1) is 19.0 Å². The lowest BCUT2D eigenvalue weighted by Gasteiger charge is -2.58. The smallest absolute Gasteiger partial charge is 0.374 e. The van der Waals surface area contributed by atoms with Crippen molar-refractivity contribution in [3.8, 4) is 0 Å². The second-order valence-corrected chi connectivity index (χ2v) is 11.8. The van der Waals surface area contributed by atoms with Crippen LogP contribution in [0, 0.1) is 40.4 Å². The fraction of sp³-hybridized carbons (Fsp3) is 0.593. The van der Waals surface area contributed by atoms with Gasteiger partial charge in [0, 0.05) is 23.2 Å². The molecule has 4 aliphatic carbocycles. The molecule has 0 aliphatic heterocycles. The Morgan fingerprint density at radius 3 is 2.86 bits per heavy atom. The highest BCUT2D eigenvalue weighted by atomic mass is 32.2. The molecule has 8 atom stereocenters. The summed E-state index contributed by atoms with van der Waals surface area (Å²) in [5, 5.41) is 11.3. The summed E-state index contributed by atoms with van der Waals surface area (Å²) in [4.78, 5) is 37.7. The maximum Gasteiger partial charge on any atom is 0.374 e. The fourth-order valence-corrected chi connectivity index (χ4v) is 8.67. The minimum Gasteiger partial charge on any atom is -0.460 e. The van der Waals surface area contributed by atoms with Gasteiger partial charge >= 0.3 is 5.97 Å². The van der Waals surface area contributed by atoms with Crippen LogP contribution in [0.15, 0.2) is 46.6 Å². The molecule has 35 heavy (non-hydrogen) atoms. The molecule has 3 saturated carbocycles. The molecule has 1 aromatic rings. The molecular formula is C27H31FO6S. The summed E-state index contributed by atoms with van der Waals surface area (Å²) in [6, 6.07) is 2.32. The van der Waals surface area contributed by atoms with E-state index in [9.17, 15) is 23.9 Å². The maximum absolute atomic E-state index is 13.2. The Kier molecular flexibility index (Phi) is 6.33. The number of hydrogen-bond donors (Lipinski definition) is 1. The Hall–Kier alpha value is -2.19. The topological polar surface area (TPSA) is 93.8 Å². The molecule has 1 heterocycles. The van der Waals surface area contributed by atoms with Crippen molar-refractivity contribution in [2.45, 2.75) is 45.6 Å².